The molecule has 1 aromatic heterocycles. The van der Waals surface area contributed by atoms with Crippen LogP contribution in [0, 0.1) is 6.92 Å². The molecule has 2 aliphatic heterocycles. The third-order valence-corrected chi connectivity index (χ3v) is 5.31. The van der Waals surface area contributed by atoms with Crippen LogP contribution in [0.2, 0.25) is 0 Å². The second kappa shape index (κ2) is 7.45. The zero-order chi connectivity index (χ0) is 15.4. The van der Waals surface area contributed by atoms with Crippen molar-refractivity contribution in [3.05, 3.63) is 23.4 Å². The number of rotatable bonds is 5. The van der Waals surface area contributed by atoms with Gasteiger partial charge in [0.25, 0.3) is 0 Å². The highest BCUT2D eigenvalue weighted by atomic mass is 15.2. The highest BCUT2D eigenvalue weighted by Crippen LogP contribution is 2.33. The Morgan fingerprint density at radius 3 is 2.59 bits per heavy atom. The number of nitrogens with zero attached hydrogens (tertiary/aromatic N) is 3. The van der Waals surface area contributed by atoms with Gasteiger partial charge in [0.1, 0.15) is 5.82 Å². The Morgan fingerprint density at radius 2 is 1.86 bits per heavy atom. The molecule has 0 N–H and O–H groups in total. The Hall–Kier alpha value is -1.09. The molecule has 122 valence electrons. The van der Waals surface area contributed by atoms with Crippen molar-refractivity contribution in [1.29, 1.82) is 0 Å². The van der Waals surface area contributed by atoms with E-state index in [9.17, 15) is 0 Å². The maximum Gasteiger partial charge on any atom is 0.128 e. The number of unbranched alkanes of at least 4 members (excludes halogenated alkanes) is 1. The molecule has 0 aliphatic carbocycles. The summed E-state index contributed by atoms with van der Waals surface area (Å²) in [5.74, 6) is 1.19. The molecule has 1 aromatic rings. The molecule has 0 aromatic carbocycles. The van der Waals surface area contributed by atoms with Gasteiger partial charge in [-0.3, -0.25) is 4.90 Å². The minimum Gasteiger partial charge on any atom is -0.357 e. The van der Waals surface area contributed by atoms with Crippen LogP contribution in [0.4, 0.5) is 5.82 Å². The topological polar surface area (TPSA) is 19.4 Å². The van der Waals surface area contributed by atoms with Gasteiger partial charge in [0.2, 0.25) is 0 Å². The fourth-order valence-corrected chi connectivity index (χ4v) is 4.01. The van der Waals surface area contributed by atoms with Crippen LogP contribution in [-0.4, -0.2) is 36.1 Å². The highest BCUT2D eigenvalue weighted by Gasteiger charge is 2.25. The summed E-state index contributed by atoms with van der Waals surface area (Å²) < 4.78 is 0. The molecule has 0 bridgehead atoms. The van der Waals surface area contributed by atoms with E-state index in [4.69, 9.17) is 4.98 Å². The first-order chi connectivity index (χ1) is 10.8. The summed E-state index contributed by atoms with van der Waals surface area (Å²) in [4.78, 5) is 10.1. The van der Waals surface area contributed by atoms with Gasteiger partial charge in [0, 0.05) is 24.8 Å². The summed E-state index contributed by atoms with van der Waals surface area (Å²) in [5, 5.41) is 0. The largest absolute Gasteiger partial charge is 0.357 e. The van der Waals surface area contributed by atoms with Gasteiger partial charge >= 0.3 is 0 Å². The number of likely N-dealkylation sites (tertiary alicyclic amines) is 1. The summed E-state index contributed by atoms with van der Waals surface area (Å²) in [7, 11) is 0. The maximum atomic E-state index is 4.94. The monoisotopic (exact) mass is 301 g/mol. The Balaban J connectivity index is 1.77. The van der Waals surface area contributed by atoms with Crippen LogP contribution in [0.3, 0.4) is 0 Å². The average Bonchev–Trinajstić information content (AvgIpc) is 3.08. The number of piperidine rings is 1. The van der Waals surface area contributed by atoms with Crippen LogP contribution in [0.5, 0.6) is 0 Å². The average molecular weight is 301 g/mol. The van der Waals surface area contributed by atoms with E-state index in [0.717, 1.165) is 0 Å². The van der Waals surface area contributed by atoms with Crippen LogP contribution in [0.25, 0.3) is 0 Å². The van der Waals surface area contributed by atoms with E-state index in [1.807, 2.05) is 0 Å². The van der Waals surface area contributed by atoms with E-state index in [1.165, 1.54) is 88.2 Å². The van der Waals surface area contributed by atoms with Crippen LogP contribution in [0.1, 0.15) is 69.2 Å². The Kier molecular flexibility index (Phi) is 5.35. The highest BCUT2D eigenvalue weighted by molar-refractivity contribution is 5.43. The quantitative estimate of drug-likeness (QED) is 0.807. The summed E-state index contributed by atoms with van der Waals surface area (Å²) in [6, 6.07) is 5.23. The SMILES string of the molecule is CCCCN1CCCCC1c1ccc(N2CCCC2)nc1C. The summed E-state index contributed by atoms with van der Waals surface area (Å²) in [5.41, 5.74) is 2.72. The van der Waals surface area contributed by atoms with Crippen molar-refractivity contribution in [3.8, 4) is 0 Å². The van der Waals surface area contributed by atoms with Crippen molar-refractivity contribution in [2.24, 2.45) is 0 Å². The van der Waals surface area contributed by atoms with Gasteiger partial charge in [-0.15, -0.1) is 0 Å². The molecule has 0 radical (unpaired) electrons. The third-order valence-electron chi connectivity index (χ3n) is 5.31. The number of anilines is 1. The van der Waals surface area contributed by atoms with E-state index < -0.39 is 0 Å². The van der Waals surface area contributed by atoms with Gasteiger partial charge in [0.05, 0.1) is 0 Å². The van der Waals surface area contributed by atoms with Crippen molar-refractivity contribution in [2.75, 3.05) is 31.1 Å². The van der Waals surface area contributed by atoms with E-state index in [-0.39, 0.29) is 0 Å². The number of aromatic nitrogens is 1. The van der Waals surface area contributed by atoms with Crippen LogP contribution >= 0.6 is 0 Å². The first kappa shape index (κ1) is 15.8. The van der Waals surface area contributed by atoms with Crippen LogP contribution < -0.4 is 4.90 Å². The van der Waals surface area contributed by atoms with Crippen molar-refractivity contribution in [1.82, 2.24) is 9.88 Å². The molecular weight excluding hydrogens is 270 g/mol. The summed E-state index contributed by atoms with van der Waals surface area (Å²) in [6.07, 6.45) is 9.25. The fourth-order valence-electron chi connectivity index (χ4n) is 4.01. The third kappa shape index (κ3) is 3.45. The number of hydrogen-bond donors (Lipinski definition) is 0. The number of pyridine rings is 1. The summed E-state index contributed by atoms with van der Waals surface area (Å²) >= 11 is 0. The molecule has 3 nitrogen and oxygen atoms in total. The molecule has 0 amide bonds. The number of aryl methyl sites for hydroxylation is 1. The van der Waals surface area contributed by atoms with E-state index in [0.29, 0.717) is 6.04 Å². The van der Waals surface area contributed by atoms with Crippen LogP contribution in [0.15, 0.2) is 12.1 Å². The maximum absolute atomic E-state index is 4.94. The minimum atomic E-state index is 0.598. The lowest BCUT2D eigenvalue weighted by atomic mass is 9.94. The molecule has 3 heteroatoms. The Morgan fingerprint density at radius 1 is 1.09 bits per heavy atom. The molecule has 3 heterocycles. The smallest absolute Gasteiger partial charge is 0.128 e. The van der Waals surface area contributed by atoms with E-state index in [2.05, 4.69) is 35.8 Å². The predicted octanol–water partition coefficient (Wildman–Crippen LogP) is 4.32. The molecule has 2 aliphatic rings. The van der Waals surface area contributed by atoms with Gasteiger partial charge in [0.15, 0.2) is 0 Å². The minimum absolute atomic E-state index is 0.598. The molecular formula is C19H31N3. The molecule has 1 atom stereocenters. The van der Waals surface area contributed by atoms with Gasteiger partial charge in [-0.1, -0.05) is 25.8 Å². The van der Waals surface area contributed by atoms with E-state index in [1.54, 1.807) is 0 Å². The van der Waals surface area contributed by atoms with Crippen molar-refractivity contribution >= 4 is 5.82 Å². The standard InChI is InChI=1S/C19H31N3/c1-3-4-12-21-13-6-5-9-18(21)17-10-11-19(20-16(17)2)22-14-7-8-15-22/h10-11,18H,3-9,12-15H2,1-2H3. The lowest BCUT2D eigenvalue weighted by molar-refractivity contribution is 0.146. The Bertz CT molecular complexity index is 480. The second-order valence-corrected chi connectivity index (χ2v) is 6.94. The van der Waals surface area contributed by atoms with E-state index >= 15 is 0 Å². The zero-order valence-corrected chi connectivity index (χ0v) is 14.4. The van der Waals surface area contributed by atoms with Crippen LogP contribution in [-0.2, 0) is 0 Å². The molecule has 3 rings (SSSR count). The predicted molar refractivity (Wildman–Crippen MR) is 93.5 cm³/mol. The van der Waals surface area contributed by atoms with Gasteiger partial charge in [-0.25, -0.2) is 4.98 Å². The first-order valence-corrected chi connectivity index (χ1v) is 9.26. The number of hydrogen-bond acceptors (Lipinski definition) is 3. The molecule has 0 saturated carbocycles. The first-order valence-electron chi connectivity index (χ1n) is 9.26. The molecule has 22 heavy (non-hydrogen) atoms. The van der Waals surface area contributed by atoms with Gasteiger partial charge in [-0.2, -0.15) is 0 Å². The Labute approximate surface area is 135 Å². The molecule has 1 unspecified atom stereocenters. The lowest BCUT2D eigenvalue weighted by Crippen LogP contribution is -2.34. The van der Waals surface area contributed by atoms with Crippen molar-refractivity contribution in [3.63, 3.8) is 0 Å². The second-order valence-electron chi connectivity index (χ2n) is 6.94. The van der Waals surface area contributed by atoms with Crippen molar-refractivity contribution < 1.29 is 0 Å². The lowest BCUT2D eigenvalue weighted by Gasteiger charge is -2.36. The molecule has 2 saturated heterocycles. The van der Waals surface area contributed by atoms with Crippen molar-refractivity contribution in [2.45, 2.75) is 64.8 Å². The zero-order valence-electron chi connectivity index (χ0n) is 14.4. The normalized spacial score (nSPS) is 23.2. The summed E-state index contributed by atoms with van der Waals surface area (Å²) in [6.45, 7) is 9.36. The van der Waals surface area contributed by atoms with Gasteiger partial charge in [-0.05, 0) is 63.7 Å². The fraction of sp³-hybridized carbons (Fsp3) is 0.737. The molecule has 2 fully saturated rings. The molecule has 0 spiro atoms. The van der Waals surface area contributed by atoms with Gasteiger partial charge < -0.3 is 4.90 Å².